The Balaban J connectivity index is 1.84. The molecule has 3 rings (SSSR count). The van der Waals surface area contributed by atoms with Gasteiger partial charge >= 0.3 is 0 Å². The maximum Gasteiger partial charge on any atom is 0.0370 e. The second-order valence-electron chi connectivity index (χ2n) is 6.04. The number of anilines is 1. The van der Waals surface area contributed by atoms with E-state index in [4.69, 9.17) is 0 Å². The third kappa shape index (κ3) is 2.19. The van der Waals surface area contributed by atoms with Crippen LogP contribution < -0.4 is 10.2 Å². The van der Waals surface area contributed by atoms with Gasteiger partial charge in [0.05, 0.1) is 0 Å². The van der Waals surface area contributed by atoms with Crippen LogP contribution >= 0.6 is 0 Å². The van der Waals surface area contributed by atoms with Crippen LogP contribution in [0.2, 0.25) is 0 Å². The largest absolute Gasteiger partial charge is 0.368 e. The zero-order valence-corrected chi connectivity index (χ0v) is 10.9. The van der Waals surface area contributed by atoms with Gasteiger partial charge < -0.3 is 10.2 Å². The smallest absolute Gasteiger partial charge is 0.0370 e. The third-order valence-corrected chi connectivity index (χ3v) is 4.02. The molecule has 0 unspecified atom stereocenters. The molecule has 17 heavy (non-hydrogen) atoms. The van der Waals surface area contributed by atoms with Crippen molar-refractivity contribution in [3.05, 3.63) is 29.3 Å². The Kier molecular flexibility index (Phi) is 2.62. The number of hydrogen-bond acceptors (Lipinski definition) is 2. The molecule has 0 aromatic heterocycles. The van der Waals surface area contributed by atoms with Crippen LogP contribution in [0.15, 0.2) is 18.2 Å². The Morgan fingerprint density at radius 3 is 2.82 bits per heavy atom. The van der Waals surface area contributed by atoms with E-state index in [1.54, 1.807) is 11.1 Å². The molecule has 1 aromatic rings. The van der Waals surface area contributed by atoms with E-state index in [2.05, 4.69) is 42.3 Å². The van der Waals surface area contributed by atoms with Gasteiger partial charge in [-0.2, -0.15) is 0 Å². The van der Waals surface area contributed by atoms with E-state index in [0.717, 1.165) is 19.6 Å². The molecule has 0 radical (unpaired) electrons. The van der Waals surface area contributed by atoms with Gasteiger partial charge in [0.2, 0.25) is 0 Å². The van der Waals surface area contributed by atoms with E-state index in [-0.39, 0.29) is 5.54 Å². The lowest BCUT2D eigenvalue weighted by molar-refractivity contribution is 0.353. The monoisotopic (exact) mass is 230 g/mol. The molecular formula is C15H22N2. The van der Waals surface area contributed by atoms with Crippen molar-refractivity contribution >= 4 is 5.69 Å². The van der Waals surface area contributed by atoms with Crippen molar-refractivity contribution in [1.82, 2.24) is 5.32 Å². The summed E-state index contributed by atoms with van der Waals surface area (Å²) in [7, 11) is 0. The fourth-order valence-corrected chi connectivity index (χ4v) is 3.12. The van der Waals surface area contributed by atoms with Gasteiger partial charge in [0.1, 0.15) is 0 Å². The number of fused-ring (bicyclic) bond motifs is 1. The fraction of sp³-hybridized carbons (Fsp3) is 0.600. The quantitative estimate of drug-likeness (QED) is 0.797. The molecule has 2 nitrogen and oxygen atoms in total. The highest BCUT2D eigenvalue weighted by Gasteiger charge is 2.26. The normalized spacial score (nSPS) is 22.6. The van der Waals surface area contributed by atoms with Crippen LogP contribution in [0, 0.1) is 0 Å². The van der Waals surface area contributed by atoms with Crippen molar-refractivity contribution < 1.29 is 0 Å². The Bertz CT molecular complexity index is 423. The first-order valence-corrected chi connectivity index (χ1v) is 6.76. The molecule has 1 N–H and O–H groups in total. The van der Waals surface area contributed by atoms with Crippen molar-refractivity contribution in [3.63, 3.8) is 0 Å². The van der Waals surface area contributed by atoms with Crippen molar-refractivity contribution in [3.8, 4) is 0 Å². The minimum atomic E-state index is 0.233. The standard InChI is InChI=1S/C15H22N2/c1-15(2)11-17(9-8-16-15)14-7-6-12-4-3-5-13(12)10-14/h6-7,10,16H,3-5,8-9,11H2,1-2H3. The molecule has 1 heterocycles. The van der Waals surface area contributed by atoms with E-state index in [1.807, 2.05) is 0 Å². The van der Waals surface area contributed by atoms with Crippen LogP contribution in [0.3, 0.4) is 0 Å². The van der Waals surface area contributed by atoms with Crippen LogP contribution in [-0.4, -0.2) is 25.2 Å². The maximum atomic E-state index is 3.57. The molecule has 2 aliphatic rings. The second-order valence-corrected chi connectivity index (χ2v) is 6.04. The molecule has 0 atom stereocenters. The van der Waals surface area contributed by atoms with Gasteiger partial charge in [0, 0.05) is 30.9 Å². The number of aryl methyl sites for hydroxylation is 2. The molecule has 0 saturated carbocycles. The maximum absolute atomic E-state index is 3.57. The van der Waals surface area contributed by atoms with Gasteiger partial charge in [-0.3, -0.25) is 0 Å². The van der Waals surface area contributed by atoms with Gasteiger partial charge in [-0.25, -0.2) is 0 Å². The van der Waals surface area contributed by atoms with E-state index >= 15 is 0 Å². The van der Waals surface area contributed by atoms with Gasteiger partial charge in [-0.1, -0.05) is 6.07 Å². The zero-order chi connectivity index (χ0) is 11.9. The van der Waals surface area contributed by atoms with Crippen LogP contribution in [0.25, 0.3) is 0 Å². The molecule has 1 aliphatic carbocycles. The molecule has 1 saturated heterocycles. The van der Waals surface area contributed by atoms with E-state index in [9.17, 15) is 0 Å². The lowest BCUT2D eigenvalue weighted by atomic mass is 10.0. The second kappa shape index (κ2) is 4.02. The van der Waals surface area contributed by atoms with E-state index in [1.165, 1.54) is 24.9 Å². The van der Waals surface area contributed by atoms with Crippen molar-refractivity contribution in [2.45, 2.75) is 38.6 Å². The van der Waals surface area contributed by atoms with Gasteiger partial charge in [-0.05, 0) is 56.4 Å². The predicted molar refractivity (Wildman–Crippen MR) is 72.8 cm³/mol. The highest BCUT2D eigenvalue weighted by molar-refractivity contribution is 5.53. The molecule has 1 aromatic carbocycles. The number of hydrogen-bond donors (Lipinski definition) is 1. The number of piperazine rings is 1. The van der Waals surface area contributed by atoms with Gasteiger partial charge in [0.15, 0.2) is 0 Å². The predicted octanol–water partition coefficient (Wildman–Crippen LogP) is 2.36. The number of rotatable bonds is 1. The highest BCUT2D eigenvalue weighted by atomic mass is 15.2. The first-order valence-electron chi connectivity index (χ1n) is 6.76. The van der Waals surface area contributed by atoms with Crippen LogP contribution in [0.4, 0.5) is 5.69 Å². The van der Waals surface area contributed by atoms with Gasteiger partial charge in [-0.15, -0.1) is 0 Å². The number of nitrogens with zero attached hydrogens (tertiary/aromatic N) is 1. The first-order chi connectivity index (χ1) is 8.14. The Morgan fingerprint density at radius 1 is 1.18 bits per heavy atom. The van der Waals surface area contributed by atoms with Gasteiger partial charge in [0.25, 0.3) is 0 Å². The summed E-state index contributed by atoms with van der Waals surface area (Å²) in [6.45, 7) is 7.89. The molecule has 0 amide bonds. The Labute approximate surface area is 104 Å². The van der Waals surface area contributed by atoms with Crippen LogP contribution in [-0.2, 0) is 12.8 Å². The molecule has 0 spiro atoms. The third-order valence-electron chi connectivity index (χ3n) is 4.02. The highest BCUT2D eigenvalue weighted by Crippen LogP contribution is 2.28. The fourth-order valence-electron chi connectivity index (χ4n) is 3.12. The van der Waals surface area contributed by atoms with Crippen molar-refractivity contribution in [1.29, 1.82) is 0 Å². The lowest BCUT2D eigenvalue weighted by Gasteiger charge is -2.40. The van der Waals surface area contributed by atoms with Crippen LogP contribution in [0.5, 0.6) is 0 Å². The molecule has 0 bridgehead atoms. The summed E-state index contributed by atoms with van der Waals surface area (Å²) in [5, 5.41) is 3.57. The molecule has 1 aliphatic heterocycles. The Hall–Kier alpha value is -1.02. The summed E-state index contributed by atoms with van der Waals surface area (Å²) in [6, 6.07) is 7.07. The first kappa shape index (κ1) is 11.1. The molecule has 2 heteroatoms. The molecule has 92 valence electrons. The minimum absolute atomic E-state index is 0.233. The minimum Gasteiger partial charge on any atom is -0.368 e. The zero-order valence-electron chi connectivity index (χ0n) is 10.9. The molecule has 1 fully saturated rings. The Morgan fingerprint density at radius 2 is 2.00 bits per heavy atom. The van der Waals surface area contributed by atoms with Crippen LogP contribution in [0.1, 0.15) is 31.4 Å². The van der Waals surface area contributed by atoms with Crippen molar-refractivity contribution in [2.24, 2.45) is 0 Å². The summed E-state index contributed by atoms with van der Waals surface area (Å²) >= 11 is 0. The van der Waals surface area contributed by atoms with E-state index < -0.39 is 0 Å². The summed E-state index contributed by atoms with van der Waals surface area (Å²) < 4.78 is 0. The summed E-state index contributed by atoms with van der Waals surface area (Å²) in [6.07, 6.45) is 3.90. The SMILES string of the molecule is CC1(C)CN(c2ccc3c(c2)CCC3)CCN1. The summed E-state index contributed by atoms with van der Waals surface area (Å²) in [5.74, 6) is 0. The topological polar surface area (TPSA) is 15.3 Å². The number of benzene rings is 1. The summed E-state index contributed by atoms with van der Waals surface area (Å²) in [5.41, 5.74) is 4.80. The lowest BCUT2D eigenvalue weighted by Crippen LogP contribution is -2.57. The number of nitrogens with one attached hydrogen (secondary N) is 1. The summed E-state index contributed by atoms with van der Waals surface area (Å²) in [4.78, 5) is 2.52. The van der Waals surface area contributed by atoms with Crippen molar-refractivity contribution in [2.75, 3.05) is 24.5 Å². The van der Waals surface area contributed by atoms with E-state index in [0.29, 0.717) is 0 Å². The molecular weight excluding hydrogens is 208 g/mol. The average molecular weight is 230 g/mol. The average Bonchev–Trinajstić information content (AvgIpc) is 2.74.